The lowest BCUT2D eigenvalue weighted by Crippen LogP contribution is -1.92. The molecule has 2 nitrogen and oxygen atoms in total. The molecule has 0 aliphatic carbocycles. The van der Waals surface area contributed by atoms with Crippen molar-refractivity contribution < 1.29 is 9.53 Å². The van der Waals surface area contributed by atoms with Gasteiger partial charge in [-0.15, -0.1) is 0 Å². The van der Waals surface area contributed by atoms with E-state index in [2.05, 4.69) is 15.9 Å². The number of carbonyl (C=O) groups is 1. The second kappa shape index (κ2) is 2.58. The van der Waals surface area contributed by atoms with Gasteiger partial charge in [-0.25, -0.2) is 4.79 Å². The van der Waals surface area contributed by atoms with E-state index in [1.807, 2.05) is 13.8 Å². The van der Waals surface area contributed by atoms with Crippen LogP contribution in [0.15, 0.2) is 21.9 Å². The van der Waals surface area contributed by atoms with E-state index >= 15 is 0 Å². The number of halogens is 1. The molecule has 3 heteroatoms. The number of hydrogen-bond acceptors (Lipinski definition) is 2. The van der Waals surface area contributed by atoms with Crippen LogP contribution in [-0.2, 0) is 9.53 Å². The first kappa shape index (κ1) is 7.54. The molecule has 0 amide bonds. The maximum absolute atomic E-state index is 10.8. The Kier molecular flexibility index (Phi) is 1.94. The second-order valence-electron chi connectivity index (χ2n) is 1.98. The minimum absolute atomic E-state index is 0.300. The van der Waals surface area contributed by atoms with Crippen LogP contribution in [0.25, 0.3) is 0 Å². The van der Waals surface area contributed by atoms with Crippen molar-refractivity contribution in [3.05, 3.63) is 21.9 Å². The van der Waals surface area contributed by atoms with Gasteiger partial charge in [0, 0.05) is 5.57 Å². The quantitative estimate of drug-likeness (QED) is 0.563. The third-order valence-electron chi connectivity index (χ3n) is 1.34. The molecular weight excluding hydrogens is 196 g/mol. The predicted octanol–water partition coefficient (Wildman–Crippen LogP) is 2.12. The zero-order valence-corrected chi connectivity index (χ0v) is 7.36. The number of hydrogen-bond donors (Lipinski definition) is 0. The molecule has 10 heavy (non-hydrogen) atoms. The van der Waals surface area contributed by atoms with Gasteiger partial charge in [-0.2, -0.15) is 0 Å². The molecule has 0 aromatic heterocycles. The van der Waals surface area contributed by atoms with Gasteiger partial charge >= 0.3 is 5.97 Å². The summed E-state index contributed by atoms with van der Waals surface area (Å²) in [5.41, 5.74) is 0.868. The van der Waals surface area contributed by atoms with Crippen LogP contribution in [0.3, 0.4) is 0 Å². The molecule has 0 aromatic carbocycles. The minimum atomic E-state index is -0.300. The van der Waals surface area contributed by atoms with Crippen molar-refractivity contribution in [2.45, 2.75) is 13.8 Å². The van der Waals surface area contributed by atoms with E-state index in [1.165, 1.54) is 0 Å². The van der Waals surface area contributed by atoms with Gasteiger partial charge in [-0.3, -0.25) is 0 Å². The molecule has 0 fully saturated rings. The number of allylic oxidation sites excluding steroid dienone is 2. The van der Waals surface area contributed by atoms with Crippen LogP contribution >= 0.6 is 15.9 Å². The van der Waals surface area contributed by atoms with Crippen molar-refractivity contribution >= 4 is 21.9 Å². The van der Waals surface area contributed by atoms with Crippen molar-refractivity contribution in [3.8, 4) is 0 Å². The van der Waals surface area contributed by atoms with Crippen LogP contribution in [0.5, 0.6) is 0 Å². The van der Waals surface area contributed by atoms with Gasteiger partial charge < -0.3 is 4.74 Å². The van der Waals surface area contributed by atoms with Crippen molar-refractivity contribution in [2.75, 3.05) is 0 Å². The maximum atomic E-state index is 10.8. The SMILES string of the molecule is CC=C1OC(=O)C(Br)=C1C. The van der Waals surface area contributed by atoms with Gasteiger partial charge in [0.1, 0.15) is 10.2 Å². The van der Waals surface area contributed by atoms with E-state index in [1.54, 1.807) is 6.08 Å². The fraction of sp³-hybridized carbons (Fsp3) is 0.286. The predicted molar refractivity (Wildman–Crippen MR) is 41.5 cm³/mol. The lowest BCUT2D eigenvalue weighted by atomic mass is 10.2. The third kappa shape index (κ3) is 1.01. The lowest BCUT2D eigenvalue weighted by molar-refractivity contribution is -0.132. The normalized spacial score (nSPS) is 22.3. The first-order valence-corrected chi connectivity index (χ1v) is 3.71. The summed E-state index contributed by atoms with van der Waals surface area (Å²) in [6, 6.07) is 0. The number of esters is 1. The van der Waals surface area contributed by atoms with E-state index in [-0.39, 0.29) is 5.97 Å². The van der Waals surface area contributed by atoms with Crippen LogP contribution in [0.1, 0.15) is 13.8 Å². The molecule has 1 rings (SSSR count). The highest BCUT2D eigenvalue weighted by Gasteiger charge is 2.23. The molecule has 0 spiro atoms. The Hall–Kier alpha value is -0.570. The Bertz CT molecular complexity index is 238. The number of cyclic esters (lactones) is 1. The minimum Gasteiger partial charge on any atom is -0.423 e. The molecule has 0 aromatic rings. The highest BCUT2D eigenvalue weighted by molar-refractivity contribution is 9.12. The second-order valence-corrected chi connectivity index (χ2v) is 2.77. The van der Waals surface area contributed by atoms with Crippen molar-refractivity contribution in [1.29, 1.82) is 0 Å². The summed E-state index contributed by atoms with van der Waals surface area (Å²) in [4.78, 5) is 10.8. The molecule has 1 aliphatic heterocycles. The smallest absolute Gasteiger partial charge is 0.351 e. The van der Waals surface area contributed by atoms with Crippen LogP contribution in [0, 0.1) is 0 Å². The van der Waals surface area contributed by atoms with Gasteiger partial charge in [0.05, 0.1) is 0 Å². The molecule has 1 heterocycles. The Balaban J connectivity index is 3.06. The molecule has 54 valence electrons. The first-order chi connectivity index (χ1) is 4.66. The Morgan fingerprint density at radius 2 is 2.20 bits per heavy atom. The van der Waals surface area contributed by atoms with E-state index in [0.29, 0.717) is 10.2 Å². The fourth-order valence-electron chi connectivity index (χ4n) is 0.758. The summed E-state index contributed by atoms with van der Waals surface area (Å²) in [6.07, 6.45) is 1.77. The average Bonchev–Trinajstić information content (AvgIpc) is 2.17. The molecule has 0 bridgehead atoms. The Labute approximate surface area is 67.7 Å². The molecule has 0 radical (unpaired) electrons. The van der Waals surface area contributed by atoms with Crippen molar-refractivity contribution in [2.24, 2.45) is 0 Å². The van der Waals surface area contributed by atoms with Crippen LogP contribution in [0.4, 0.5) is 0 Å². The Morgan fingerprint density at radius 3 is 2.40 bits per heavy atom. The van der Waals surface area contributed by atoms with E-state index in [0.717, 1.165) is 5.57 Å². The van der Waals surface area contributed by atoms with Crippen LogP contribution < -0.4 is 0 Å². The maximum Gasteiger partial charge on any atom is 0.351 e. The summed E-state index contributed by atoms with van der Waals surface area (Å²) in [6.45, 7) is 3.67. The van der Waals surface area contributed by atoms with Crippen molar-refractivity contribution in [3.63, 3.8) is 0 Å². The monoisotopic (exact) mass is 202 g/mol. The zero-order chi connectivity index (χ0) is 7.72. The van der Waals surface area contributed by atoms with Crippen molar-refractivity contribution in [1.82, 2.24) is 0 Å². The van der Waals surface area contributed by atoms with E-state index in [9.17, 15) is 4.79 Å². The van der Waals surface area contributed by atoms with Gasteiger partial charge in [-0.05, 0) is 35.9 Å². The summed E-state index contributed by atoms with van der Waals surface area (Å²) >= 11 is 3.11. The van der Waals surface area contributed by atoms with E-state index in [4.69, 9.17) is 4.74 Å². The number of carbonyl (C=O) groups excluding carboxylic acids is 1. The van der Waals surface area contributed by atoms with Crippen LogP contribution in [0.2, 0.25) is 0 Å². The summed E-state index contributed by atoms with van der Waals surface area (Å²) < 4.78 is 5.36. The molecule has 0 saturated heterocycles. The molecule has 0 atom stereocenters. The Morgan fingerprint density at radius 1 is 1.60 bits per heavy atom. The van der Waals surface area contributed by atoms with Gasteiger partial charge in [0.25, 0.3) is 0 Å². The summed E-state index contributed by atoms with van der Waals surface area (Å²) in [5.74, 6) is 0.350. The fourth-order valence-corrected chi connectivity index (χ4v) is 1.03. The van der Waals surface area contributed by atoms with E-state index < -0.39 is 0 Å². The lowest BCUT2D eigenvalue weighted by Gasteiger charge is -1.93. The summed E-state index contributed by atoms with van der Waals surface area (Å²) in [7, 11) is 0. The topological polar surface area (TPSA) is 26.3 Å². The van der Waals surface area contributed by atoms with Crippen LogP contribution in [-0.4, -0.2) is 5.97 Å². The standard InChI is InChI=1S/C7H7BrO2/c1-3-5-4(2)6(8)7(9)10-5/h3H,1-2H3. The molecule has 0 unspecified atom stereocenters. The average molecular weight is 203 g/mol. The first-order valence-electron chi connectivity index (χ1n) is 2.92. The number of ether oxygens (including phenoxy) is 1. The molecule has 1 aliphatic rings. The number of rotatable bonds is 0. The summed E-state index contributed by atoms with van der Waals surface area (Å²) in [5, 5.41) is 0. The molecule has 0 saturated carbocycles. The highest BCUT2D eigenvalue weighted by Crippen LogP contribution is 2.28. The zero-order valence-electron chi connectivity index (χ0n) is 5.77. The highest BCUT2D eigenvalue weighted by atomic mass is 79.9. The van der Waals surface area contributed by atoms with Gasteiger partial charge in [-0.1, -0.05) is 0 Å². The van der Waals surface area contributed by atoms with Gasteiger partial charge in [0.2, 0.25) is 0 Å². The third-order valence-corrected chi connectivity index (χ3v) is 2.26. The molecular formula is C7H7BrO2. The largest absolute Gasteiger partial charge is 0.423 e. The van der Waals surface area contributed by atoms with Gasteiger partial charge in [0.15, 0.2) is 0 Å². The molecule has 0 N–H and O–H groups in total.